The first-order chi connectivity index (χ1) is 12.2. The number of hydrogen-bond donors (Lipinski definition) is 1. The van der Waals surface area contributed by atoms with Gasteiger partial charge in [-0.05, 0) is 80.0 Å². The molecule has 4 fully saturated rings. The van der Waals surface area contributed by atoms with Crippen molar-refractivity contribution in [3.05, 3.63) is 35.3 Å². The molecule has 1 N–H and O–H groups in total. The summed E-state index contributed by atoms with van der Waals surface area (Å²) in [5.41, 5.74) is 3.71. The largest absolute Gasteiger partial charge is 0.378 e. The number of aromatic nitrogens is 1. The fraction of sp³-hybridized carbons (Fsp3) is 0.571. The molecule has 0 saturated heterocycles. The third kappa shape index (κ3) is 2.84. The van der Waals surface area contributed by atoms with E-state index in [1.54, 1.807) is 11.3 Å². The smallest absolute Gasteiger partial charge is 0.187 e. The minimum absolute atomic E-state index is 0.732. The van der Waals surface area contributed by atoms with Crippen LogP contribution < -0.4 is 10.2 Å². The summed E-state index contributed by atoms with van der Waals surface area (Å²) >= 11 is 1.77. The molecule has 1 aromatic carbocycles. The van der Waals surface area contributed by atoms with Crippen LogP contribution in [0, 0.1) is 23.7 Å². The van der Waals surface area contributed by atoms with Gasteiger partial charge < -0.3 is 10.2 Å². The molecule has 4 aliphatic carbocycles. The van der Waals surface area contributed by atoms with Crippen LogP contribution >= 0.6 is 11.3 Å². The summed E-state index contributed by atoms with van der Waals surface area (Å²) in [5.74, 6) is 4.61. The SMILES string of the molecule is CN(C)c1ccc(Nc2nc(C3C4CC5CC(C4)CC3C5)cs2)cc1. The second-order valence-electron chi connectivity index (χ2n) is 8.60. The van der Waals surface area contributed by atoms with Gasteiger partial charge in [0, 0.05) is 36.8 Å². The van der Waals surface area contributed by atoms with Gasteiger partial charge in [-0.1, -0.05) is 0 Å². The Labute approximate surface area is 154 Å². The Morgan fingerprint density at radius 1 is 0.960 bits per heavy atom. The van der Waals surface area contributed by atoms with Gasteiger partial charge >= 0.3 is 0 Å². The highest BCUT2D eigenvalue weighted by molar-refractivity contribution is 7.13. The number of nitrogens with zero attached hydrogens (tertiary/aromatic N) is 2. The van der Waals surface area contributed by atoms with Crippen molar-refractivity contribution in [1.29, 1.82) is 0 Å². The van der Waals surface area contributed by atoms with Gasteiger partial charge in [0.1, 0.15) is 0 Å². The normalized spacial score (nSPS) is 32.8. The average molecular weight is 354 g/mol. The Bertz CT molecular complexity index is 721. The molecule has 2 aromatic rings. The first-order valence-electron chi connectivity index (χ1n) is 9.65. The van der Waals surface area contributed by atoms with Crippen molar-refractivity contribution in [1.82, 2.24) is 4.98 Å². The quantitative estimate of drug-likeness (QED) is 0.787. The molecule has 4 aliphatic rings. The monoisotopic (exact) mass is 353 g/mol. The first-order valence-corrected chi connectivity index (χ1v) is 10.5. The van der Waals surface area contributed by atoms with Crippen molar-refractivity contribution in [2.45, 2.75) is 38.0 Å². The molecule has 6 rings (SSSR count). The van der Waals surface area contributed by atoms with E-state index >= 15 is 0 Å². The van der Waals surface area contributed by atoms with Crippen LogP contribution in [0.4, 0.5) is 16.5 Å². The van der Waals surface area contributed by atoms with Crippen LogP contribution in [0.5, 0.6) is 0 Å². The summed E-state index contributed by atoms with van der Waals surface area (Å²) in [6.07, 6.45) is 7.37. The summed E-state index contributed by atoms with van der Waals surface area (Å²) in [5, 5.41) is 6.87. The Morgan fingerprint density at radius 3 is 2.20 bits per heavy atom. The van der Waals surface area contributed by atoms with Crippen molar-refractivity contribution in [2.75, 3.05) is 24.3 Å². The van der Waals surface area contributed by atoms with Gasteiger partial charge in [0.2, 0.25) is 0 Å². The summed E-state index contributed by atoms with van der Waals surface area (Å²) < 4.78 is 0. The molecule has 0 unspecified atom stereocenters. The summed E-state index contributed by atoms with van der Waals surface area (Å²) in [7, 11) is 4.14. The Balaban J connectivity index is 1.32. The van der Waals surface area contributed by atoms with Gasteiger partial charge in [0.05, 0.1) is 5.69 Å². The Hall–Kier alpha value is -1.55. The number of benzene rings is 1. The maximum absolute atomic E-state index is 5.01. The van der Waals surface area contributed by atoms with Gasteiger partial charge in [-0.2, -0.15) is 0 Å². The van der Waals surface area contributed by atoms with E-state index in [1.807, 2.05) is 0 Å². The van der Waals surface area contributed by atoms with E-state index in [0.29, 0.717) is 0 Å². The molecule has 0 amide bonds. The minimum Gasteiger partial charge on any atom is -0.378 e. The number of rotatable bonds is 4. The summed E-state index contributed by atoms with van der Waals surface area (Å²) in [4.78, 5) is 7.13. The van der Waals surface area contributed by atoms with E-state index in [2.05, 4.69) is 54.0 Å². The number of thiazole rings is 1. The molecule has 4 saturated carbocycles. The van der Waals surface area contributed by atoms with Crippen molar-refractivity contribution in [2.24, 2.45) is 23.7 Å². The molecule has 0 spiro atoms. The third-order valence-electron chi connectivity index (χ3n) is 6.73. The first kappa shape index (κ1) is 15.7. The molecule has 132 valence electrons. The lowest BCUT2D eigenvalue weighted by atomic mass is 9.51. The van der Waals surface area contributed by atoms with Gasteiger partial charge in [0.25, 0.3) is 0 Å². The predicted octanol–water partition coefficient (Wildman–Crippen LogP) is 5.49. The van der Waals surface area contributed by atoms with E-state index in [9.17, 15) is 0 Å². The maximum atomic E-state index is 5.01. The van der Waals surface area contributed by atoms with Crippen LogP contribution in [0.25, 0.3) is 0 Å². The van der Waals surface area contributed by atoms with E-state index in [-0.39, 0.29) is 0 Å². The van der Waals surface area contributed by atoms with E-state index in [0.717, 1.165) is 40.4 Å². The van der Waals surface area contributed by atoms with Crippen LogP contribution in [0.2, 0.25) is 0 Å². The molecule has 25 heavy (non-hydrogen) atoms. The zero-order valence-corrected chi connectivity index (χ0v) is 15.9. The predicted molar refractivity (Wildman–Crippen MR) is 106 cm³/mol. The minimum atomic E-state index is 0.732. The topological polar surface area (TPSA) is 28.2 Å². The zero-order chi connectivity index (χ0) is 17.0. The van der Waals surface area contributed by atoms with Crippen LogP contribution in [-0.2, 0) is 0 Å². The summed E-state index contributed by atoms with van der Waals surface area (Å²) in [6.45, 7) is 0. The number of hydrogen-bond acceptors (Lipinski definition) is 4. The van der Waals surface area contributed by atoms with Crippen LogP contribution in [0.15, 0.2) is 29.6 Å². The molecular formula is C21H27N3S. The molecule has 0 aliphatic heterocycles. The highest BCUT2D eigenvalue weighted by Gasteiger charge is 2.49. The van der Waals surface area contributed by atoms with E-state index in [1.165, 1.54) is 43.5 Å². The molecular weight excluding hydrogens is 326 g/mol. The fourth-order valence-electron chi connectivity index (χ4n) is 5.87. The molecule has 0 radical (unpaired) electrons. The number of nitrogens with one attached hydrogen (secondary N) is 1. The lowest BCUT2D eigenvalue weighted by Gasteiger charge is -2.54. The third-order valence-corrected chi connectivity index (χ3v) is 7.50. The van der Waals surface area contributed by atoms with E-state index in [4.69, 9.17) is 4.98 Å². The number of anilines is 3. The average Bonchev–Trinajstić information content (AvgIpc) is 3.02. The van der Waals surface area contributed by atoms with Crippen LogP contribution in [-0.4, -0.2) is 19.1 Å². The lowest BCUT2D eigenvalue weighted by Crippen LogP contribution is -2.43. The second kappa shape index (κ2) is 6.01. The Morgan fingerprint density at radius 2 is 1.60 bits per heavy atom. The fourth-order valence-corrected chi connectivity index (χ4v) is 6.65. The van der Waals surface area contributed by atoms with Crippen molar-refractivity contribution in [3.8, 4) is 0 Å². The second-order valence-corrected chi connectivity index (χ2v) is 9.46. The highest BCUT2D eigenvalue weighted by Crippen LogP contribution is 2.59. The van der Waals surface area contributed by atoms with Crippen molar-refractivity contribution < 1.29 is 0 Å². The van der Waals surface area contributed by atoms with Gasteiger partial charge in [-0.15, -0.1) is 11.3 Å². The van der Waals surface area contributed by atoms with Gasteiger partial charge in [0.15, 0.2) is 5.13 Å². The molecule has 1 heterocycles. The molecule has 4 bridgehead atoms. The maximum Gasteiger partial charge on any atom is 0.187 e. The molecule has 3 nitrogen and oxygen atoms in total. The highest BCUT2D eigenvalue weighted by atomic mass is 32.1. The molecule has 4 heteroatoms. The standard InChI is InChI=1S/C21H27N3S/c1-24(2)18-5-3-17(4-6-18)22-21-23-19(12-25-21)20-15-8-13-7-14(10-15)11-16(20)9-13/h3-6,12-16,20H,7-11H2,1-2H3,(H,22,23). The van der Waals surface area contributed by atoms with Crippen molar-refractivity contribution >= 4 is 27.8 Å². The van der Waals surface area contributed by atoms with Crippen molar-refractivity contribution in [3.63, 3.8) is 0 Å². The zero-order valence-electron chi connectivity index (χ0n) is 15.1. The lowest BCUT2D eigenvalue weighted by molar-refractivity contribution is -0.00392. The molecule has 0 atom stereocenters. The van der Waals surface area contributed by atoms with Gasteiger partial charge in [-0.25, -0.2) is 4.98 Å². The van der Waals surface area contributed by atoms with Crippen LogP contribution in [0.3, 0.4) is 0 Å². The van der Waals surface area contributed by atoms with E-state index < -0.39 is 0 Å². The Kier molecular flexibility index (Phi) is 3.77. The summed E-state index contributed by atoms with van der Waals surface area (Å²) in [6, 6.07) is 8.57. The van der Waals surface area contributed by atoms with Gasteiger partial charge in [-0.3, -0.25) is 0 Å². The molecule has 1 aromatic heterocycles. The van der Waals surface area contributed by atoms with Crippen LogP contribution in [0.1, 0.15) is 43.7 Å².